The Labute approximate surface area is 138 Å². The van der Waals surface area contributed by atoms with Gasteiger partial charge < -0.3 is 10.2 Å². The fraction of sp³-hybridized carbons (Fsp3) is 0.267. The lowest BCUT2D eigenvalue weighted by molar-refractivity contribution is 0.0827. The summed E-state index contributed by atoms with van der Waals surface area (Å²) in [4.78, 5) is 13.4. The maximum atomic E-state index is 11.8. The zero-order valence-corrected chi connectivity index (χ0v) is 14.2. The van der Waals surface area contributed by atoms with E-state index in [0.29, 0.717) is 12.1 Å². The maximum Gasteiger partial charge on any atom is 0.253 e. The van der Waals surface area contributed by atoms with E-state index in [-0.39, 0.29) is 5.91 Å². The molecule has 0 aliphatic carbocycles. The molecule has 1 amide bonds. The van der Waals surface area contributed by atoms with Crippen molar-refractivity contribution in [1.82, 2.24) is 15.1 Å². The molecular formula is C15H18N4OS2. The van der Waals surface area contributed by atoms with Gasteiger partial charge in [-0.15, -0.1) is 16.8 Å². The van der Waals surface area contributed by atoms with Gasteiger partial charge in [0.05, 0.1) is 0 Å². The van der Waals surface area contributed by atoms with Crippen LogP contribution in [0.3, 0.4) is 0 Å². The predicted octanol–water partition coefficient (Wildman–Crippen LogP) is 3.13. The van der Waals surface area contributed by atoms with Crippen molar-refractivity contribution in [1.29, 1.82) is 0 Å². The largest absolute Gasteiger partial charge is 0.357 e. The average molecular weight is 334 g/mol. The molecule has 2 rings (SSSR count). The minimum atomic E-state index is 0.0151. The fourth-order valence-corrected chi connectivity index (χ4v) is 3.36. The Morgan fingerprint density at radius 1 is 1.36 bits per heavy atom. The summed E-state index contributed by atoms with van der Waals surface area (Å²) >= 11 is 3.16. The first-order valence-corrected chi connectivity index (χ1v) is 8.52. The Morgan fingerprint density at radius 3 is 2.73 bits per heavy atom. The molecule has 0 unspecified atom stereocenters. The maximum absolute atomic E-state index is 11.8. The van der Waals surface area contributed by atoms with Crippen LogP contribution in [0.2, 0.25) is 0 Å². The average Bonchev–Trinajstić information content (AvgIpc) is 2.98. The molecule has 1 N–H and O–H groups in total. The van der Waals surface area contributed by atoms with Gasteiger partial charge in [0, 0.05) is 32.0 Å². The third-order valence-electron chi connectivity index (χ3n) is 2.77. The van der Waals surface area contributed by atoms with Gasteiger partial charge >= 0.3 is 0 Å². The van der Waals surface area contributed by atoms with E-state index in [0.717, 1.165) is 20.8 Å². The molecule has 116 valence electrons. The molecular weight excluding hydrogens is 316 g/mol. The number of nitrogens with one attached hydrogen (secondary N) is 1. The van der Waals surface area contributed by atoms with Gasteiger partial charge in [-0.25, -0.2) is 0 Å². The Bertz CT molecular complexity index is 637. The third-order valence-corrected chi connectivity index (χ3v) is 4.86. The minimum Gasteiger partial charge on any atom is -0.357 e. The normalized spacial score (nSPS) is 10.3. The molecule has 5 nitrogen and oxygen atoms in total. The van der Waals surface area contributed by atoms with Gasteiger partial charge in [-0.1, -0.05) is 41.3 Å². The van der Waals surface area contributed by atoms with Gasteiger partial charge in [0.2, 0.25) is 5.13 Å². The number of carbonyl (C=O) groups is 1. The molecule has 0 fully saturated rings. The van der Waals surface area contributed by atoms with Crippen LogP contribution in [-0.2, 0) is 5.75 Å². The molecule has 7 heteroatoms. The van der Waals surface area contributed by atoms with Gasteiger partial charge in [-0.3, -0.25) is 4.79 Å². The van der Waals surface area contributed by atoms with E-state index in [1.54, 1.807) is 36.8 Å². The highest BCUT2D eigenvalue weighted by atomic mass is 32.2. The summed E-state index contributed by atoms with van der Waals surface area (Å²) < 4.78 is 0.917. The van der Waals surface area contributed by atoms with Crippen molar-refractivity contribution in [3.8, 4) is 0 Å². The Morgan fingerprint density at radius 2 is 2.09 bits per heavy atom. The number of anilines is 1. The zero-order valence-electron chi connectivity index (χ0n) is 12.6. The number of thioether (sulfide) groups is 1. The van der Waals surface area contributed by atoms with Crippen molar-refractivity contribution in [2.45, 2.75) is 10.1 Å². The lowest BCUT2D eigenvalue weighted by Crippen LogP contribution is -2.21. The van der Waals surface area contributed by atoms with Crippen molar-refractivity contribution >= 4 is 34.1 Å². The van der Waals surface area contributed by atoms with E-state index < -0.39 is 0 Å². The van der Waals surface area contributed by atoms with Crippen LogP contribution in [0.25, 0.3) is 0 Å². The van der Waals surface area contributed by atoms with Gasteiger partial charge in [0.25, 0.3) is 5.91 Å². The van der Waals surface area contributed by atoms with Crippen molar-refractivity contribution in [2.75, 3.05) is 26.0 Å². The number of hydrogen-bond donors (Lipinski definition) is 1. The summed E-state index contributed by atoms with van der Waals surface area (Å²) in [6.07, 6.45) is 1.78. The van der Waals surface area contributed by atoms with Crippen LogP contribution in [0.4, 0.5) is 5.13 Å². The van der Waals surface area contributed by atoms with Crippen LogP contribution in [0.1, 0.15) is 15.9 Å². The highest BCUT2D eigenvalue weighted by Gasteiger charge is 2.08. The Balaban J connectivity index is 1.90. The summed E-state index contributed by atoms with van der Waals surface area (Å²) in [5.41, 5.74) is 1.85. The van der Waals surface area contributed by atoms with Gasteiger partial charge in [0.15, 0.2) is 4.34 Å². The molecule has 22 heavy (non-hydrogen) atoms. The number of amides is 1. The van der Waals surface area contributed by atoms with E-state index >= 15 is 0 Å². The molecule has 0 spiro atoms. The van der Waals surface area contributed by atoms with E-state index in [4.69, 9.17) is 0 Å². The molecule has 0 saturated heterocycles. The smallest absolute Gasteiger partial charge is 0.253 e. The SMILES string of the molecule is C=CCNc1nnc(SCc2ccc(C(=O)N(C)C)cc2)s1. The van der Waals surface area contributed by atoms with Crippen LogP contribution in [0, 0.1) is 0 Å². The molecule has 0 aliphatic heterocycles. The first-order chi connectivity index (χ1) is 10.6. The molecule has 0 atom stereocenters. The van der Waals surface area contributed by atoms with E-state index in [9.17, 15) is 4.79 Å². The second kappa shape index (κ2) is 7.95. The summed E-state index contributed by atoms with van der Waals surface area (Å²) in [7, 11) is 3.50. The number of hydrogen-bond acceptors (Lipinski definition) is 6. The first kappa shape index (κ1) is 16.5. The lowest BCUT2D eigenvalue weighted by Gasteiger charge is -2.10. The molecule has 0 saturated carbocycles. The standard InChI is InChI=1S/C15H18N4OS2/c1-4-9-16-14-17-18-15(22-14)21-10-11-5-7-12(8-6-11)13(20)19(2)3/h4-8H,1,9-10H2,2-3H3,(H,16,17). The van der Waals surface area contributed by atoms with Crippen LogP contribution >= 0.6 is 23.1 Å². The molecule has 1 heterocycles. The first-order valence-electron chi connectivity index (χ1n) is 6.72. The van der Waals surface area contributed by atoms with Crippen LogP contribution in [0.15, 0.2) is 41.3 Å². The Hall–Kier alpha value is -1.86. The lowest BCUT2D eigenvalue weighted by atomic mass is 10.1. The van der Waals surface area contributed by atoms with Crippen molar-refractivity contribution < 1.29 is 4.79 Å². The summed E-state index contributed by atoms with van der Waals surface area (Å²) in [5, 5.41) is 12.1. The van der Waals surface area contributed by atoms with Crippen LogP contribution in [-0.4, -0.2) is 41.6 Å². The summed E-state index contributed by atoms with van der Waals surface area (Å²) in [5.74, 6) is 0.813. The van der Waals surface area contributed by atoms with E-state index in [1.165, 1.54) is 11.3 Å². The fourth-order valence-electron chi connectivity index (χ4n) is 1.65. The van der Waals surface area contributed by atoms with Crippen molar-refractivity contribution in [2.24, 2.45) is 0 Å². The highest BCUT2D eigenvalue weighted by molar-refractivity contribution is 8.00. The third kappa shape index (κ3) is 4.57. The topological polar surface area (TPSA) is 58.1 Å². The second-order valence-electron chi connectivity index (χ2n) is 4.73. The highest BCUT2D eigenvalue weighted by Crippen LogP contribution is 2.28. The molecule has 0 radical (unpaired) electrons. The van der Waals surface area contributed by atoms with Gasteiger partial charge in [-0.05, 0) is 17.7 Å². The molecule has 0 bridgehead atoms. The van der Waals surface area contributed by atoms with Gasteiger partial charge in [-0.2, -0.15) is 0 Å². The van der Waals surface area contributed by atoms with Crippen molar-refractivity contribution in [3.05, 3.63) is 48.0 Å². The number of rotatable bonds is 7. The quantitative estimate of drug-likeness (QED) is 0.623. The number of carbonyl (C=O) groups excluding carboxylic acids is 1. The van der Waals surface area contributed by atoms with Crippen LogP contribution in [0.5, 0.6) is 0 Å². The predicted molar refractivity (Wildman–Crippen MR) is 92.6 cm³/mol. The number of aromatic nitrogens is 2. The van der Waals surface area contributed by atoms with Crippen molar-refractivity contribution in [3.63, 3.8) is 0 Å². The molecule has 1 aromatic heterocycles. The minimum absolute atomic E-state index is 0.0151. The van der Waals surface area contributed by atoms with E-state index in [2.05, 4.69) is 22.1 Å². The summed E-state index contributed by atoms with van der Waals surface area (Å²) in [6.45, 7) is 4.33. The second-order valence-corrected chi connectivity index (χ2v) is 6.93. The number of nitrogens with zero attached hydrogens (tertiary/aromatic N) is 3. The van der Waals surface area contributed by atoms with Gasteiger partial charge in [0.1, 0.15) is 0 Å². The zero-order chi connectivity index (χ0) is 15.9. The monoisotopic (exact) mass is 334 g/mol. The molecule has 1 aromatic carbocycles. The van der Waals surface area contributed by atoms with E-state index in [1.807, 2.05) is 24.3 Å². The summed E-state index contributed by atoms with van der Waals surface area (Å²) in [6, 6.07) is 7.66. The van der Waals surface area contributed by atoms with Crippen LogP contribution < -0.4 is 5.32 Å². The molecule has 0 aliphatic rings. The Kier molecular flexibility index (Phi) is 5.97. The number of benzene rings is 1. The molecule has 2 aromatic rings.